The van der Waals surface area contributed by atoms with Crippen molar-refractivity contribution in [3.05, 3.63) is 59.7 Å². The number of amides is 1. The summed E-state index contributed by atoms with van der Waals surface area (Å²) < 4.78 is 38.0. The summed E-state index contributed by atoms with van der Waals surface area (Å²) in [5.41, 5.74) is 6.87. The van der Waals surface area contributed by atoms with E-state index < -0.39 is 15.9 Å². The van der Waals surface area contributed by atoms with E-state index in [1.54, 1.807) is 36.4 Å². The maximum Gasteiger partial charge on any atom is 0.309 e. The topological polar surface area (TPSA) is 116 Å². The van der Waals surface area contributed by atoms with E-state index >= 15 is 0 Å². The smallest absolute Gasteiger partial charge is 0.309 e. The van der Waals surface area contributed by atoms with Crippen LogP contribution in [0.5, 0.6) is 5.75 Å². The molecule has 1 saturated heterocycles. The summed E-state index contributed by atoms with van der Waals surface area (Å²) in [4.78, 5) is 23.6. The molecule has 1 fully saturated rings. The van der Waals surface area contributed by atoms with Gasteiger partial charge in [-0.05, 0) is 54.2 Å². The molecule has 2 N–H and O–H groups in total. The summed E-state index contributed by atoms with van der Waals surface area (Å²) in [5.74, 6) is -0.491. The summed E-state index contributed by atoms with van der Waals surface area (Å²) in [6.07, 6.45) is 0.813. The van der Waals surface area contributed by atoms with Gasteiger partial charge in [0.15, 0.2) is 6.61 Å². The third-order valence-corrected chi connectivity index (χ3v) is 7.55. The first-order valence-electron chi connectivity index (χ1n) is 10.9. The van der Waals surface area contributed by atoms with Crippen LogP contribution in [0.2, 0.25) is 0 Å². The first-order chi connectivity index (χ1) is 15.7. The van der Waals surface area contributed by atoms with E-state index in [0.717, 1.165) is 11.1 Å². The lowest BCUT2D eigenvalue weighted by Crippen LogP contribution is -2.40. The Kier molecular flexibility index (Phi) is 8.10. The van der Waals surface area contributed by atoms with Crippen LogP contribution < -0.4 is 10.5 Å². The highest BCUT2D eigenvalue weighted by molar-refractivity contribution is 7.89. The quantitative estimate of drug-likeness (QED) is 0.559. The number of carbonyl (C=O) groups is 2. The van der Waals surface area contributed by atoms with E-state index in [2.05, 4.69) is 13.8 Å². The molecule has 1 amide bonds. The van der Waals surface area contributed by atoms with E-state index in [1.165, 1.54) is 4.31 Å². The van der Waals surface area contributed by atoms with Gasteiger partial charge in [-0.15, -0.1) is 0 Å². The van der Waals surface area contributed by atoms with Gasteiger partial charge in [-0.3, -0.25) is 9.59 Å². The molecule has 1 aliphatic rings. The molecule has 33 heavy (non-hydrogen) atoms. The average Bonchev–Trinajstić information content (AvgIpc) is 2.81. The number of piperidine rings is 1. The van der Waals surface area contributed by atoms with Gasteiger partial charge in [-0.2, -0.15) is 4.31 Å². The van der Waals surface area contributed by atoms with Crippen LogP contribution >= 0.6 is 0 Å². The minimum atomic E-state index is -3.59. The van der Waals surface area contributed by atoms with E-state index in [4.69, 9.17) is 15.2 Å². The molecular formula is C24H30N2O6S. The van der Waals surface area contributed by atoms with Crippen molar-refractivity contribution >= 4 is 21.9 Å². The van der Waals surface area contributed by atoms with Crippen molar-refractivity contribution in [1.29, 1.82) is 0 Å². The highest BCUT2D eigenvalue weighted by Crippen LogP contribution is 2.26. The molecule has 1 heterocycles. The molecule has 1 aliphatic heterocycles. The van der Waals surface area contributed by atoms with Crippen LogP contribution in [0, 0.1) is 5.92 Å². The summed E-state index contributed by atoms with van der Waals surface area (Å²) in [5, 5.41) is 0. The Bertz CT molecular complexity index is 1070. The van der Waals surface area contributed by atoms with Gasteiger partial charge in [0.05, 0.1) is 10.8 Å². The molecule has 2 aromatic carbocycles. The average molecular weight is 475 g/mol. The Labute approximate surface area is 194 Å². The molecule has 178 valence electrons. The Morgan fingerprint density at radius 3 is 2.36 bits per heavy atom. The number of sulfonamides is 1. The summed E-state index contributed by atoms with van der Waals surface area (Å²) in [6, 6.07) is 13.8. The fraction of sp³-hybridized carbons (Fsp3) is 0.417. The summed E-state index contributed by atoms with van der Waals surface area (Å²) >= 11 is 0. The number of hydrogen-bond donors (Lipinski definition) is 1. The lowest BCUT2D eigenvalue weighted by Gasteiger charge is -2.30. The lowest BCUT2D eigenvalue weighted by atomic mass is 9.98. The second kappa shape index (κ2) is 10.8. The second-order valence-corrected chi connectivity index (χ2v) is 10.4. The summed E-state index contributed by atoms with van der Waals surface area (Å²) in [6.45, 7) is 4.48. The van der Waals surface area contributed by atoms with Crippen molar-refractivity contribution in [2.75, 3.05) is 19.7 Å². The number of rotatable bonds is 9. The van der Waals surface area contributed by atoms with Crippen LogP contribution in [0.3, 0.4) is 0 Å². The molecule has 0 aliphatic carbocycles. The van der Waals surface area contributed by atoms with Crippen molar-refractivity contribution in [3.63, 3.8) is 0 Å². The highest BCUT2D eigenvalue weighted by atomic mass is 32.2. The maximum absolute atomic E-state index is 13.0. The Morgan fingerprint density at radius 2 is 1.76 bits per heavy atom. The number of ether oxygens (including phenoxy) is 2. The second-order valence-electron chi connectivity index (χ2n) is 8.41. The number of nitrogens with zero attached hydrogens (tertiary/aromatic N) is 1. The predicted octanol–water partition coefficient (Wildman–Crippen LogP) is 2.82. The van der Waals surface area contributed by atoms with Crippen molar-refractivity contribution in [1.82, 2.24) is 4.31 Å². The van der Waals surface area contributed by atoms with Crippen molar-refractivity contribution in [2.45, 2.75) is 44.1 Å². The zero-order valence-electron chi connectivity index (χ0n) is 18.9. The molecular weight excluding hydrogens is 444 g/mol. The van der Waals surface area contributed by atoms with Crippen LogP contribution in [-0.2, 0) is 31.0 Å². The number of esters is 1. The van der Waals surface area contributed by atoms with Crippen LogP contribution in [0.25, 0.3) is 0 Å². The molecule has 9 heteroatoms. The van der Waals surface area contributed by atoms with Crippen LogP contribution in [0.15, 0.2) is 53.4 Å². The van der Waals surface area contributed by atoms with E-state index in [-0.39, 0.29) is 43.1 Å². The first-order valence-corrected chi connectivity index (χ1v) is 12.4. The third-order valence-electron chi connectivity index (χ3n) is 5.63. The number of benzene rings is 2. The van der Waals surface area contributed by atoms with Gasteiger partial charge < -0.3 is 15.2 Å². The molecule has 0 radical (unpaired) electrons. The number of carbonyl (C=O) groups excluding carboxylic acids is 2. The number of nitrogens with two attached hydrogens (primary N) is 1. The Morgan fingerprint density at radius 1 is 1.09 bits per heavy atom. The van der Waals surface area contributed by atoms with Crippen LogP contribution in [0.4, 0.5) is 0 Å². The maximum atomic E-state index is 13.0. The van der Waals surface area contributed by atoms with Gasteiger partial charge in [-0.25, -0.2) is 8.42 Å². The Balaban J connectivity index is 1.51. The fourth-order valence-electron chi connectivity index (χ4n) is 3.66. The third kappa shape index (κ3) is 6.55. The predicted molar refractivity (Wildman–Crippen MR) is 123 cm³/mol. The number of hydrogen-bond acceptors (Lipinski definition) is 6. The monoisotopic (exact) mass is 474 g/mol. The standard InChI is InChI=1S/C24H30N2O6S/c1-17(2)19-6-8-22(9-7-19)33(29,30)26-12-10-20(11-13-26)24(28)32-15-18-4-3-5-21(14-18)31-16-23(25)27/h3-9,14,17,20H,10-13,15-16H2,1-2H3,(H2,25,27). The number of primary amides is 1. The zero-order valence-corrected chi connectivity index (χ0v) is 19.7. The van der Waals surface area contributed by atoms with E-state index in [1.807, 2.05) is 12.1 Å². The molecule has 3 rings (SSSR count). The normalized spacial score (nSPS) is 15.4. The van der Waals surface area contributed by atoms with Crippen molar-refractivity contribution < 1.29 is 27.5 Å². The minimum absolute atomic E-state index is 0.0628. The molecule has 8 nitrogen and oxygen atoms in total. The lowest BCUT2D eigenvalue weighted by molar-refractivity contribution is -0.151. The van der Waals surface area contributed by atoms with E-state index in [9.17, 15) is 18.0 Å². The molecule has 0 unspecified atom stereocenters. The molecule has 0 atom stereocenters. The fourth-order valence-corrected chi connectivity index (χ4v) is 5.13. The molecule has 0 aromatic heterocycles. The van der Waals surface area contributed by atoms with Crippen LogP contribution in [-0.4, -0.2) is 44.3 Å². The van der Waals surface area contributed by atoms with Gasteiger partial charge in [0.25, 0.3) is 5.91 Å². The Hall–Kier alpha value is -2.91. The largest absolute Gasteiger partial charge is 0.484 e. The highest BCUT2D eigenvalue weighted by Gasteiger charge is 2.32. The van der Waals surface area contributed by atoms with Crippen molar-refractivity contribution in [2.24, 2.45) is 11.7 Å². The first kappa shape index (κ1) is 24.7. The zero-order chi connectivity index (χ0) is 24.0. The van der Waals surface area contributed by atoms with Gasteiger partial charge in [0.2, 0.25) is 10.0 Å². The van der Waals surface area contributed by atoms with Crippen molar-refractivity contribution in [3.8, 4) is 5.75 Å². The SMILES string of the molecule is CC(C)c1ccc(S(=O)(=O)N2CCC(C(=O)OCc3cccc(OCC(N)=O)c3)CC2)cc1. The van der Waals surface area contributed by atoms with Gasteiger partial charge in [-0.1, -0.05) is 38.1 Å². The molecule has 2 aromatic rings. The van der Waals surface area contributed by atoms with E-state index in [0.29, 0.717) is 24.5 Å². The molecule has 0 bridgehead atoms. The summed E-state index contributed by atoms with van der Waals surface area (Å²) in [7, 11) is -3.59. The molecule has 0 spiro atoms. The molecule has 0 saturated carbocycles. The van der Waals surface area contributed by atoms with Gasteiger partial charge in [0, 0.05) is 13.1 Å². The van der Waals surface area contributed by atoms with Gasteiger partial charge >= 0.3 is 5.97 Å². The minimum Gasteiger partial charge on any atom is -0.484 e. The van der Waals surface area contributed by atoms with Crippen LogP contribution in [0.1, 0.15) is 43.7 Å². The van der Waals surface area contributed by atoms with Gasteiger partial charge in [0.1, 0.15) is 12.4 Å².